The Morgan fingerprint density at radius 1 is 1.34 bits per heavy atom. The molecule has 0 spiro atoms. The predicted molar refractivity (Wildman–Crippen MR) is 106 cm³/mol. The van der Waals surface area contributed by atoms with Gasteiger partial charge in [0.05, 0.1) is 31.2 Å². The van der Waals surface area contributed by atoms with Gasteiger partial charge in [-0.25, -0.2) is 10.3 Å². The van der Waals surface area contributed by atoms with Gasteiger partial charge in [-0.2, -0.15) is 10.1 Å². The number of para-hydroxylation sites is 2. The lowest BCUT2D eigenvalue weighted by Gasteiger charge is -2.12. The van der Waals surface area contributed by atoms with Crippen LogP contribution in [0.2, 0.25) is 0 Å². The molecule has 1 aromatic carbocycles. The van der Waals surface area contributed by atoms with Crippen molar-refractivity contribution in [3.63, 3.8) is 0 Å². The number of anilines is 1. The van der Waals surface area contributed by atoms with Gasteiger partial charge in [-0.3, -0.25) is 9.36 Å². The van der Waals surface area contributed by atoms with E-state index in [9.17, 15) is 9.90 Å². The van der Waals surface area contributed by atoms with Crippen LogP contribution in [0, 0.1) is 13.5 Å². The highest BCUT2D eigenvalue weighted by atomic mass is 16.4. The maximum atomic E-state index is 12.9. The maximum absolute atomic E-state index is 12.9. The van der Waals surface area contributed by atoms with Gasteiger partial charge in [0.1, 0.15) is 11.3 Å². The second-order valence-corrected chi connectivity index (χ2v) is 6.15. The smallest absolute Gasteiger partial charge is 0.316 e. The number of furan rings is 1. The quantitative estimate of drug-likeness (QED) is 0.306. The number of oxazole rings is 1. The lowest BCUT2D eigenvalue weighted by molar-refractivity contribution is 0.401. The van der Waals surface area contributed by atoms with Crippen LogP contribution in [0.5, 0.6) is 5.88 Å². The van der Waals surface area contributed by atoms with Gasteiger partial charge in [0.25, 0.3) is 5.56 Å². The molecule has 3 heterocycles. The molecule has 144 valence electrons. The molecule has 29 heavy (non-hydrogen) atoms. The van der Waals surface area contributed by atoms with E-state index in [0.29, 0.717) is 22.4 Å². The van der Waals surface area contributed by atoms with E-state index < -0.39 is 11.4 Å². The van der Waals surface area contributed by atoms with E-state index in [4.69, 9.17) is 15.4 Å². The molecule has 0 atom stereocenters. The van der Waals surface area contributed by atoms with Crippen LogP contribution in [-0.2, 0) is 6.54 Å². The molecule has 0 aliphatic heterocycles. The first-order chi connectivity index (χ1) is 14.1. The zero-order valence-corrected chi connectivity index (χ0v) is 15.3. The van der Waals surface area contributed by atoms with Gasteiger partial charge in [-0.05, 0) is 36.8 Å². The van der Waals surface area contributed by atoms with Crippen molar-refractivity contribution in [1.29, 1.82) is 0 Å². The lowest BCUT2D eigenvalue weighted by atomic mass is 10.1. The van der Waals surface area contributed by atoms with Crippen LogP contribution in [0.15, 0.2) is 61.4 Å². The number of fused-ring (bicyclic) bond motifs is 1. The number of nitrogens with zero attached hydrogens (tertiary/aromatic N) is 4. The van der Waals surface area contributed by atoms with E-state index in [2.05, 4.69) is 20.4 Å². The summed E-state index contributed by atoms with van der Waals surface area (Å²) in [4.78, 5) is 20.5. The first kappa shape index (κ1) is 18.1. The van der Waals surface area contributed by atoms with Crippen molar-refractivity contribution < 1.29 is 13.9 Å². The number of hydrogen-bond acceptors (Lipinski definition) is 7. The summed E-state index contributed by atoms with van der Waals surface area (Å²) >= 11 is 0. The summed E-state index contributed by atoms with van der Waals surface area (Å²) in [6.45, 7) is 8.92. The molecule has 0 saturated carbocycles. The van der Waals surface area contributed by atoms with Gasteiger partial charge in [0, 0.05) is 0 Å². The third-order valence-corrected chi connectivity index (χ3v) is 4.36. The molecule has 0 amide bonds. The molecule has 0 aliphatic rings. The Morgan fingerprint density at radius 3 is 2.90 bits per heavy atom. The third-order valence-electron chi connectivity index (χ3n) is 4.36. The summed E-state index contributed by atoms with van der Waals surface area (Å²) in [7, 11) is 0. The van der Waals surface area contributed by atoms with E-state index in [1.807, 2.05) is 12.1 Å². The van der Waals surface area contributed by atoms with E-state index in [1.54, 1.807) is 31.2 Å². The molecule has 4 rings (SSSR count). The average molecular weight is 389 g/mol. The highest BCUT2D eigenvalue weighted by Gasteiger charge is 2.19. The van der Waals surface area contributed by atoms with E-state index in [0.717, 1.165) is 4.57 Å². The van der Waals surface area contributed by atoms with Crippen LogP contribution >= 0.6 is 0 Å². The molecular formula is C20H15N5O4. The first-order valence-corrected chi connectivity index (χ1v) is 8.59. The molecule has 0 unspecified atom stereocenters. The fourth-order valence-corrected chi connectivity index (χ4v) is 2.89. The fraction of sp³-hybridized carbons (Fsp3) is 0.100. The third kappa shape index (κ3) is 3.35. The van der Waals surface area contributed by atoms with Crippen LogP contribution in [0.1, 0.15) is 16.9 Å². The van der Waals surface area contributed by atoms with Crippen molar-refractivity contribution in [2.75, 3.05) is 5.43 Å². The number of aromatic hydroxyl groups is 1. The van der Waals surface area contributed by atoms with Crippen molar-refractivity contribution in [1.82, 2.24) is 9.55 Å². The lowest BCUT2D eigenvalue weighted by Crippen LogP contribution is -2.25. The Kier molecular flexibility index (Phi) is 4.58. The Bertz CT molecular complexity index is 1280. The van der Waals surface area contributed by atoms with Gasteiger partial charge in [0.15, 0.2) is 11.5 Å². The minimum Gasteiger partial charge on any atom is -0.503 e. The SMILES string of the molecule is [C-]#[N+]c1c(C)c(/C=N\Nc2nc3ccccc3o2)c(=O)n(Cc2ccco2)c1O. The molecular weight excluding hydrogens is 374 g/mol. The molecule has 0 aliphatic carbocycles. The van der Waals surface area contributed by atoms with Crippen LogP contribution in [0.25, 0.3) is 15.9 Å². The van der Waals surface area contributed by atoms with Crippen molar-refractivity contribution >= 4 is 29.0 Å². The van der Waals surface area contributed by atoms with Crippen molar-refractivity contribution in [2.45, 2.75) is 13.5 Å². The topological polar surface area (TPSA) is 110 Å². The largest absolute Gasteiger partial charge is 0.503 e. The molecule has 3 aromatic heterocycles. The van der Waals surface area contributed by atoms with Gasteiger partial charge < -0.3 is 13.9 Å². The van der Waals surface area contributed by atoms with E-state index >= 15 is 0 Å². The summed E-state index contributed by atoms with van der Waals surface area (Å²) in [5.74, 6) is 0.0534. The van der Waals surface area contributed by atoms with E-state index in [1.165, 1.54) is 12.5 Å². The first-order valence-electron chi connectivity index (χ1n) is 8.59. The zero-order chi connectivity index (χ0) is 20.4. The van der Waals surface area contributed by atoms with Crippen LogP contribution in [0.4, 0.5) is 11.7 Å². The van der Waals surface area contributed by atoms with Crippen LogP contribution in [0.3, 0.4) is 0 Å². The molecule has 4 aromatic rings. The highest BCUT2D eigenvalue weighted by molar-refractivity contribution is 5.85. The maximum Gasteiger partial charge on any atom is 0.316 e. The second kappa shape index (κ2) is 7.36. The molecule has 9 heteroatoms. The molecule has 2 N–H and O–H groups in total. The van der Waals surface area contributed by atoms with Gasteiger partial charge >= 0.3 is 6.01 Å². The number of benzene rings is 1. The van der Waals surface area contributed by atoms with Crippen molar-refractivity contribution in [3.8, 4) is 5.88 Å². The standard InChI is InChI=1S/C20H15N5O4/c1-12-14(10-22-24-20-23-15-7-3-4-8-16(15)29-20)18(26)25(19(27)17(12)21-2)11-13-6-5-9-28-13/h3-10,27H,11H2,1H3,(H,23,24)/b22-10-. The highest BCUT2D eigenvalue weighted by Crippen LogP contribution is 2.30. The summed E-state index contributed by atoms with van der Waals surface area (Å²) in [5.41, 5.74) is 3.85. The van der Waals surface area contributed by atoms with Gasteiger partial charge in [-0.1, -0.05) is 12.1 Å². The summed E-state index contributed by atoms with van der Waals surface area (Å²) in [5, 5.41) is 14.4. The predicted octanol–water partition coefficient (Wildman–Crippen LogP) is 3.64. The van der Waals surface area contributed by atoms with Crippen molar-refractivity contribution in [2.24, 2.45) is 5.10 Å². The zero-order valence-electron chi connectivity index (χ0n) is 15.3. The second-order valence-electron chi connectivity index (χ2n) is 6.15. The van der Waals surface area contributed by atoms with Crippen LogP contribution < -0.4 is 11.0 Å². The van der Waals surface area contributed by atoms with Crippen LogP contribution in [-0.4, -0.2) is 20.9 Å². The summed E-state index contributed by atoms with van der Waals surface area (Å²) in [6, 6.07) is 10.8. The number of hydrazone groups is 1. The monoisotopic (exact) mass is 389 g/mol. The number of rotatable bonds is 5. The Labute approximate surface area is 164 Å². The van der Waals surface area contributed by atoms with Crippen molar-refractivity contribution in [3.05, 3.63) is 81.3 Å². The number of aromatic nitrogens is 2. The molecule has 0 fully saturated rings. The summed E-state index contributed by atoms with van der Waals surface area (Å²) in [6.07, 6.45) is 2.74. The minimum atomic E-state index is -0.507. The van der Waals surface area contributed by atoms with E-state index in [-0.39, 0.29) is 23.8 Å². The summed E-state index contributed by atoms with van der Waals surface area (Å²) < 4.78 is 11.8. The Hall–Kier alpha value is -4.32. The molecule has 0 saturated heterocycles. The number of hydrogen-bond donors (Lipinski definition) is 2. The Morgan fingerprint density at radius 2 is 2.17 bits per heavy atom. The number of nitrogens with one attached hydrogen (secondary N) is 1. The van der Waals surface area contributed by atoms with Gasteiger partial charge in [-0.15, -0.1) is 0 Å². The Balaban J connectivity index is 1.69. The van der Waals surface area contributed by atoms with Gasteiger partial charge in [0.2, 0.25) is 5.69 Å². The molecule has 0 radical (unpaired) electrons. The molecule has 0 bridgehead atoms. The molecule has 9 nitrogen and oxygen atoms in total. The fourth-order valence-electron chi connectivity index (χ4n) is 2.89. The average Bonchev–Trinajstić information content (AvgIpc) is 3.37. The normalized spacial score (nSPS) is 11.2. The number of pyridine rings is 1. The minimum absolute atomic E-state index is 0.0140.